The lowest BCUT2D eigenvalue weighted by molar-refractivity contribution is 0.504. The number of aryl methyl sites for hydroxylation is 28. The molecule has 0 saturated carbocycles. The van der Waals surface area contributed by atoms with Crippen LogP contribution in [0.3, 0.4) is 0 Å². The molecule has 9 aromatic heterocycles. The van der Waals surface area contributed by atoms with E-state index in [0.717, 1.165) is 103 Å². The van der Waals surface area contributed by atoms with Gasteiger partial charge < -0.3 is 13.6 Å². The van der Waals surface area contributed by atoms with Gasteiger partial charge in [0.15, 0.2) is 0 Å². The number of benzene rings is 3. The number of aromatic nitrogens is 10. The first kappa shape index (κ1) is 84.2. The number of thiophene rings is 1. The number of nitrogens with zero attached hydrogens (tertiary/aromatic N) is 10. The monoisotopic (exact) mass is 1370 g/mol. The first-order valence-electron chi connectivity index (χ1n) is 35.0. The number of hydrogen-bond acceptors (Lipinski definition) is 10. The summed E-state index contributed by atoms with van der Waals surface area (Å²) in [5, 5.41) is 0. The Hall–Kier alpha value is -9.26. The Kier molecular flexibility index (Phi) is 33.0. The Balaban J connectivity index is 0.000000240. The van der Waals surface area contributed by atoms with E-state index in [1.807, 2.05) is 140 Å². The van der Waals surface area contributed by atoms with Crippen molar-refractivity contribution in [3.63, 3.8) is 0 Å². The first-order valence-corrected chi connectivity index (χ1v) is 35.9. The van der Waals surface area contributed by atoms with Crippen LogP contribution >= 0.6 is 11.3 Å². The fraction of sp³-hybridized carbons (Fsp3) is 0.371. The molecular weight excluding hydrogens is 1260 g/mol. The Morgan fingerprint density at radius 2 is 0.604 bits per heavy atom. The minimum absolute atomic E-state index is 0.547. The van der Waals surface area contributed by atoms with Crippen LogP contribution < -0.4 is 0 Å². The Morgan fingerprint density at radius 3 is 0.842 bits per heavy atom. The summed E-state index contributed by atoms with van der Waals surface area (Å²) in [6.45, 7) is 63.6. The van der Waals surface area contributed by atoms with Crippen molar-refractivity contribution < 1.29 is 4.42 Å². The van der Waals surface area contributed by atoms with E-state index >= 15 is 0 Å². The number of furan rings is 1. The van der Waals surface area contributed by atoms with Crippen LogP contribution in [0.5, 0.6) is 0 Å². The van der Waals surface area contributed by atoms with Gasteiger partial charge in [-0.25, -0.2) is 0 Å². The van der Waals surface area contributed by atoms with E-state index in [0.29, 0.717) is 5.92 Å². The minimum atomic E-state index is 0.547. The zero-order valence-corrected chi connectivity index (χ0v) is 68.3. The van der Waals surface area contributed by atoms with Gasteiger partial charge in [-0.1, -0.05) is 72.6 Å². The fourth-order valence-corrected chi connectivity index (χ4v) is 11.7. The van der Waals surface area contributed by atoms with Gasteiger partial charge in [-0.15, -0.1) is 11.3 Å². The predicted octanol–water partition coefficient (Wildman–Crippen LogP) is 23.2. The smallest absolute Gasteiger partial charge is 0.101 e. The highest BCUT2D eigenvalue weighted by Gasteiger charge is 2.25. The van der Waals surface area contributed by atoms with Crippen LogP contribution in [0, 0.1) is 208 Å². The van der Waals surface area contributed by atoms with Crippen molar-refractivity contribution in [2.45, 2.75) is 221 Å². The SMILES string of the molecule is Cc1cc(C)c(C)c(C)n1.Cc1cc(C)c(C)c(C)n1.Cc1ccc(C)n1-c1ccccc1.Cc1ccc(C)n1C.Cc1ccc(C)o1.Cc1ccc(C)s1.Cc1ccc2c(c1)-c1cc(C)ccc1C2C.Cc1nc(C)c(C)nc1C.Cc1nc(C)c(C)nc1C.Cc1nc(C)c(C)nc1C. The third kappa shape index (κ3) is 26.3. The van der Waals surface area contributed by atoms with Gasteiger partial charge in [0, 0.05) is 74.0 Å². The van der Waals surface area contributed by atoms with Gasteiger partial charge in [-0.2, -0.15) is 0 Å². The zero-order valence-electron chi connectivity index (χ0n) is 67.5. The van der Waals surface area contributed by atoms with Gasteiger partial charge in [-0.05, 0) is 325 Å². The molecule has 12 heteroatoms. The molecule has 11 nitrogen and oxygen atoms in total. The van der Waals surface area contributed by atoms with E-state index in [-0.39, 0.29) is 0 Å². The number of pyridine rings is 2. The summed E-state index contributed by atoms with van der Waals surface area (Å²) < 4.78 is 9.50. The molecule has 0 N–H and O–H groups in total. The maximum absolute atomic E-state index is 5.08. The van der Waals surface area contributed by atoms with E-state index in [1.54, 1.807) is 0 Å². The molecular formula is C89H118N10OS. The van der Waals surface area contributed by atoms with Gasteiger partial charge in [0.25, 0.3) is 0 Å². The Bertz CT molecular complexity index is 4090. The van der Waals surface area contributed by atoms with Crippen LogP contribution in [0.4, 0.5) is 0 Å². The third-order valence-corrected chi connectivity index (χ3v) is 19.2. The maximum atomic E-state index is 5.08. The van der Waals surface area contributed by atoms with Crippen LogP contribution in [-0.2, 0) is 7.05 Å². The van der Waals surface area contributed by atoms with Crippen LogP contribution in [-0.4, -0.2) is 49.0 Å². The Labute approximate surface area is 612 Å². The quantitative estimate of drug-likeness (QED) is 0.158. The topological polar surface area (TPSA) is 126 Å². The largest absolute Gasteiger partial charge is 0.467 e. The summed E-state index contributed by atoms with van der Waals surface area (Å²) in [5.41, 5.74) is 37.2. The number of rotatable bonds is 1. The van der Waals surface area contributed by atoms with Gasteiger partial charge in [0.1, 0.15) is 11.5 Å². The summed E-state index contributed by atoms with van der Waals surface area (Å²) in [7, 11) is 2.07. The Morgan fingerprint density at radius 1 is 0.307 bits per heavy atom. The molecule has 9 heterocycles. The van der Waals surface area contributed by atoms with E-state index in [1.165, 1.54) is 93.9 Å². The second kappa shape index (κ2) is 39.7. The molecule has 101 heavy (non-hydrogen) atoms. The summed E-state index contributed by atoms with van der Waals surface area (Å²) in [6, 6.07) is 45.0. The van der Waals surface area contributed by atoms with Gasteiger partial charge >= 0.3 is 0 Å². The number of para-hydroxylation sites is 1. The van der Waals surface area contributed by atoms with E-state index < -0.39 is 0 Å². The molecule has 0 unspecified atom stereocenters. The summed E-state index contributed by atoms with van der Waals surface area (Å²) in [5.74, 6) is 2.52. The molecule has 0 saturated heterocycles. The summed E-state index contributed by atoms with van der Waals surface area (Å²) in [6.07, 6.45) is 0. The highest BCUT2D eigenvalue weighted by Crippen LogP contribution is 2.45. The second-order valence-electron chi connectivity index (χ2n) is 27.0. The summed E-state index contributed by atoms with van der Waals surface area (Å²) in [4.78, 5) is 37.3. The molecule has 0 spiro atoms. The average Bonchev–Trinajstić information content (AvgIpc) is 1.61. The highest BCUT2D eigenvalue weighted by molar-refractivity contribution is 7.11. The van der Waals surface area contributed by atoms with Crippen LogP contribution in [0.2, 0.25) is 0 Å². The van der Waals surface area contributed by atoms with Gasteiger partial charge in [0.2, 0.25) is 0 Å². The van der Waals surface area contributed by atoms with Crippen LogP contribution in [0.25, 0.3) is 16.8 Å². The fourth-order valence-electron chi connectivity index (χ4n) is 10.9. The number of hydrogen-bond donors (Lipinski definition) is 0. The van der Waals surface area contributed by atoms with Crippen molar-refractivity contribution in [3.8, 4) is 16.8 Å². The molecule has 13 rings (SSSR count). The molecule has 12 aromatic rings. The average molecular weight is 1380 g/mol. The molecule has 0 amide bonds. The molecule has 0 aliphatic heterocycles. The molecule has 1 aliphatic rings. The lowest BCUT2D eigenvalue weighted by Crippen LogP contribution is -1.97. The standard InChI is InChI=1S/C16H16.C12H13N.2C9H13N.3C8H12N2.C7H11N.C6H8O.C6H8S/c1-10-4-6-13-12(3)14-7-5-11(2)9-16(14)15(13)8-10;1-10-8-9-11(2)13(10)12-6-4-3-5-7-12;2*1-6-5-7(2)10-9(4)8(6)3;3*1-5-6(2)10-8(4)7(3)9-5;1-6-4-5-7(2)8(6)3;2*1-5-3-4-6(2)7-5/h4-9,12H,1-3H3;3-9H,1-2H3;2*5H,1-4H3;3*1-4H3;4-5H,1-3H3;2*3-4H,1-2H3. The minimum Gasteiger partial charge on any atom is -0.467 e. The normalized spacial score (nSPS) is 10.5. The lowest BCUT2D eigenvalue weighted by atomic mass is 9.98. The molecule has 0 radical (unpaired) electrons. The molecule has 0 fully saturated rings. The van der Waals surface area contributed by atoms with Gasteiger partial charge in [-0.3, -0.25) is 39.9 Å². The zero-order chi connectivity index (χ0) is 75.9. The van der Waals surface area contributed by atoms with Crippen molar-refractivity contribution >= 4 is 11.3 Å². The molecule has 3 aromatic carbocycles. The van der Waals surface area contributed by atoms with E-state index in [9.17, 15) is 0 Å². The third-order valence-electron chi connectivity index (χ3n) is 18.3. The maximum Gasteiger partial charge on any atom is 0.101 e. The summed E-state index contributed by atoms with van der Waals surface area (Å²) >= 11 is 1.84. The van der Waals surface area contributed by atoms with E-state index in [4.69, 9.17) is 4.42 Å². The second-order valence-corrected chi connectivity index (χ2v) is 28.4. The highest BCUT2D eigenvalue weighted by atomic mass is 32.1. The first-order chi connectivity index (χ1) is 47.3. The number of fused-ring (bicyclic) bond motifs is 3. The van der Waals surface area contributed by atoms with Crippen molar-refractivity contribution in [1.29, 1.82) is 0 Å². The lowest BCUT2D eigenvalue weighted by Gasteiger charge is -2.08. The van der Waals surface area contributed by atoms with Gasteiger partial charge in [0.05, 0.1) is 68.3 Å². The molecule has 0 atom stereocenters. The van der Waals surface area contributed by atoms with Crippen molar-refractivity contribution in [3.05, 3.63) is 307 Å². The van der Waals surface area contributed by atoms with Crippen molar-refractivity contribution in [1.82, 2.24) is 49.0 Å². The van der Waals surface area contributed by atoms with Crippen LogP contribution in [0.1, 0.15) is 193 Å². The van der Waals surface area contributed by atoms with Crippen molar-refractivity contribution in [2.75, 3.05) is 0 Å². The molecule has 0 bridgehead atoms. The van der Waals surface area contributed by atoms with E-state index in [2.05, 4.69) is 269 Å². The van der Waals surface area contributed by atoms with Crippen molar-refractivity contribution in [2.24, 2.45) is 7.05 Å². The molecule has 1 aliphatic carbocycles. The van der Waals surface area contributed by atoms with Crippen LogP contribution in [0.15, 0.2) is 132 Å². The predicted molar refractivity (Wildman–Crippen MR) is 430 cm³/mol. The molecule has 536 valence electrons.